The molecule has 2 aromatic rings. The van der Waals surface area contributed by atoms with Crippen LogP contribution < -0.4 is 9.47 Å². The summed E-state index contributed by atoms with van der Waals surface area (Å²) in [6.07, 6.45) is 2.56. The summed E-state index contributed by atoms with van der Waals surface area (Å²) in [6, 6.07) is 9.15. The zero-order valence-corrected chi connectivity index (χ0v) is 12.6. The molecule has 0 saturated carbocycles. The van der Waals surface area contributed by atoms with Crippen LogP contribution in [0.25, 0.3) is 0 Å². The van der Waals surface area contributed by atoms with Crippen LogP contribution in [0.15, 0.2) is 36.5 Å². The molecule has 0 N–H and O–H groups in total. The first-order valence-electron chi connectivity index (χ1n) is 6.35. The van der Waals surface area contributed by atoms with Gasteiger partial charge in [-0.2, -0.15) is 0 Å². The molecule has 0 unspecified atom stereocenters. The van der Waals surface area contributed by atoms with Crippen molar-refractivity contribution in [1.29, 1.82) is 0 Å². The summed E-state index contributed by atoms with van der Waals surface area (Å²) in [5.74, 6) is 1.42. The third-order valence-electron chi connectivity index (χ3n) is 2.59. The number of benzene rings is 1. The molecule has 5 heteroatoms. The fraction of sp³-hybridized carbons (Fsp3) is 0.267. The molecule has 3 nitrogen and oxygen atoms in total. The first-order chi connectivity index (χ1) is 9.70. The predicted molar refractivity (Wildman–Crippen MR) is 80.8 cm³/mol. The second-order valence-electron chi connectivity index (χ2n) is 4.18. The van der Waals surface area contributed by atoms with Gasteiger partial charge in [0.05, 0.1) is 11.6 Å². The highest BCUT2D eigenvalue weighted by atomic mass is 35.5. The van der Waals surface area contributed by atoms with E-state index < -0.39 is 0 Å². The van der Waals surface area contributed by atoms with Crippen molar-refractivity contribution < 1.29 is 9.47 Å². The highest BCUT2D eigenvalue weighted by molar-refractivity contribution is 6.34. The number of pyridine rings is 1. The minimum atomic E-state index is 0.315. The van der Waals surface area contributed by atoms with Gasteiger partial charge in [-0.15, -0.1) is 0 Å². The van der Waals surface area contributed by atoms with Crippen LogP contribution >= 0.6 is 23.2 Å². The first kappa shape index (κ1) is 14.9. The van der Waals surface area contributed by atoms with Crippen LogP contribution in [0.2, 0.25) is 10.2 Å². The summed E-state index contributed by atoms with van der Waals surface area (Å²) >= 11 is 11.8. The Balaban J connectivity index is 2.06. The molecule has 1 aromatic carbocycles. The lowest BCUT2D eigenvalue weighted by atomic mass is 10.3. The van der Waals surface area contributed by atoms with Crippen molar-refractivity contribution in [3.8, 4) is 11.5 Å². The molecular formula is C15H15Cl2NO2. The molecule has 1 aromatic heterocycles. The largest absolute Gasteiger partial charge is 0.490 e. The van der Waals surface area contributed by atoms with Gasteiger partial charge in [0, 0.05) is 11.8 Å². The number of aromatic nitrogens is 1. The summed E-state index contributed by atoms with van der Waals surface area (Å²) in [7, 11) is 0. The second kappa shape index (κ2) is 7.36. The molecule has 0 spiro atoms. The van der Waals surface area contributed by atoms with Gasteiger partial charge < -0.3 is 9.47 Å². The van der Waals surface area contributed by atoms with Crippen LogP contribution in [0, 0.1) is 0 Å². The van der Waals surface area contributed by atoms with Crippen LogP contribution in [0.1, 0.15) is 18.9 Å². The molecule has 0 amide bonds. The first-order valence-corrected chi connectivity index (χ1v) is 7.11. The maximum atomic E-state index is 6.08. The van der Waals surface area contributed by atoms with E-state index in [0.717, 1.165) is 17.7 Å². The Morgan fingerprint density at radius 2 is 1.80 bits per heavy atom. The molecular weight excluding hydrogens is 297 g/mol. The van der Waals surface area contributed by atoms with E-state index in [4.69, 9.17) is 32.7 Å². The van der Waals surface area contributed by atoms with E-state index in [1.165, 1.54) is 0 Å². The molecule has 0 radical (unpaired) electrons. The Morgan fingerprint density at radius 1 is 1.10 bits per heavy atom. The Bertz CT molecular complexity index is 576. The van der Waals surface area contributed by atoms with Crippen molar-refractivity contribution in [3.05, 3.63) is 52.3 Å². The van der Waals surface area contributed by atoms with Crippen molar-refractivity contribution in [2.75, 3.05) is 6.61 Å². The van der Waals surface area contributed by atoms with Crippen LogP contribution in [-0.4, -0.2) is 11.6 Å². The molecule has 0 aliphatic carbocycles. The van der Waals surface area contributed by atoms with E-state index >= 15 is 0 Å². The number of para-hydroxylation sites is 2. The standard InChI is InChI=1S/C15H15Cl2NO2/c1-2-7-19-13-5-3-4-6-14(13)20-10-11-9-18-15(17)8-12(11)16/h3-6,8-9H,2,7,10H2,1H3. The Labute approximate surface area is 128 Å². The molecule has 0 aliphatic rings. The average molecular weight is 312 g/mol. The van der Waals surface area contributed by atoms with Crippen molar-refractivity contribution in [2.45, 2.75) is 20.0 Å². The quantitative estimate of drug-likeness (QED) is 0.721. The lowest BCUT2D eigenvalue weighted by Crippen LogP contribution is -2.01. The van der Waals surface area contributed by atoms with Crippen molar-refractivity contribution >= 4 is 23.2 Å². The normalized spacial score (nSPS) is 10.3. The van der Waals surface area contributed by atoms with E-state index in [2.05, 4.69) is 11.9 Å². The molecule has 106 valence electrons. The molecule has 0 saturated heterocycles. The zero-order valence-electron chi connectivity index (χ0n) is 11.1. The maximum Gasteiger partial charge on any atom is 0.161 e. The lowest BCUT2D eigenvalue weighted by Gasteiger charge is -2.12. The van der Waals surface area contributed by atoms with Crippen LogP contribution in [0.5, 0.6) is 11.5 Å². The van der Waals surface area contributed by atoms with Crippen LogP contribution in [0.4, 0.5) is 0 Å². The van der Waals surface area contributed by atoms with Gasteiger partial charge >= 0.3 is 0 Å². The van der Waals surface area contributed by atoms with E-state index in [1.807, 2.05) is 24.3 Å². The highest BCUT2D eigenvalue weighted by Crippen LogP contribution is 2.28. The topological polar surface area (TPSA) is 31.4 Å². The summed E-state index contributed by atoms with van der Waals surface area (Å²) in [5.41, 5.74) is 0.779. The van der Waals surface area contributed by atoms with Gasteiger partial charge in [-0.05, 0) is 24.6 Å². The van der Waals surface area contributed by atoms with Crippen LogP contribution in [0.3, 0.4) is 0 Å². The maximum absolute atomic E-state index is 6.08. The van der Waals surface area contributed by atoms with E-state index in [1.54, 1.807) is 12.3 Å². The Hall–Kier alpha value is -1.45. The van der Waals surface area contributed by atoms with Crippen molar-refractivity contribution in [3.63, 3.8) is 0 Å². The minimum absolute atomic E-state index is 0.315. The second-order valence-corrected chi connectivity index (χ2v) is 4.98. The molecule has 0 atom stereocenters. The van der Waals surface area contributed by atoms with E-state index in [9.17, 15) is 0 Å². The summed E-state index contributed by atoms with van der Waals surface area (Å²) < 4.78 is 11.4. The minimum Gasteiger partial charge on any atom is -0.490 e. The molecule has 2 rings (SSSR count). The SMILES string of the molecule is CCCOc1ccccc1OCc1cnc(Cl)cc1Cl. The number of nitrogens with zero attached hydrogens (tertiary/aromatic N) is 1. The Kier molecular flexibility index (Phi) is 5.50. The number of hydrogen-bond donors (Lipinski definition) is 0. The van der Waals surface area contributed by atoms with Gasteiger partial charge in [0.2, 0.25) is 0 Å². The Morgan fingerprint density at radius 3 is 2.45 bits per heavy atom. The summed E-state index contributed by atoms with van der Waals surface area (Å²) in [4.78, 5) is 3.99. The third kappa shape index (κ3) is 4.02. The zero-order chi connectivity index (χ0) is 14.4. The fourth-order valence-electron chi connectivity index (χ4n) is 1.60. The fourth-order valence-corrected chi connectivity index (χ4v) is 2.02. The smallest absolute Gasteiger partial charge is 0.161 e. The van der Waals surface area contributed by atoms with Gasteiger partial charge in [0.15, 0.2) is 11.5 Å². The van der Waals surface area contributed by atoms with Gasteiger partial charge in [0.25, 0.3) is 0 Å². The molecule has 0 fully saturated rings. The number of halogens is 2. The van der Waals surface area contributed by atoms with Gasteiger partial charge in [-0.1, -0.05) is 42.3 Å². The molecule has 0 aliphatic heterocycles. The number of ether oxygens (including phenoxy) is 2. The third-order valence-corrected chi connectivity index (χ3v) is 3.15. The monoisotopic (exact) mass is 311 g/mol. The van der Waals surface area contributed by atoms with E-state index in [-0.39, 0.29) is 0 Å². The summed E-state index contributed by atoms with van der Waals surface area (Å²) in [5, 5.41) is 0.905. The average Bonchev–Trinajstić information content (AvgIpc) is 2.45. The van der Waals surface area contributed by atoms with Gasteiger partial charge in [-0.25, -0.2) is 4.98 Å². The van der Waals surface area contributed by atoms with Crippen LogP contribution in [-0.2, 0) is 6.61 Å². The lowest BCUT2D eigenvalue weighted by molar-refractivity contribution is 0.261. The molecule has 0 bridgehead atoms. The van der Waals surface area contributed by atoms with E-state index in [0.29, 0.717) is 29.1 Å². The predicted octanol–water partition coefficient (Wildman–Crippen LogP) is 4.76. The summed E-state index contributed by atoms with van der Waals surface area (Å²) in [6.45, 7) is 3.03. The number of hydrogen-bond acceptors (Lipinski definition) is 3. The van der Waals surface area contributed by atoms with Crippen molar-refractivity contribution in [2.24, 2.45) is 0 Å². The van der Waals surface area contributed by atoms with Gasteiger partial charge in [0.1, 0.15) is 11.8 Å². The van der Waals surface area contributed by atoms with Crippen molar-refractivity contribution in [1.82, 2.24) is 4.98 Å². The highest BCUT2D eigenvalue weighted by Gasteiger charge is 2.07. The molecule has 20 heavy (non-hydrogen) atoms. The van der Waals surface area contributed by atoms with Gasteiger partial charge in [-0.3, -0.25) is 0 Å². The number of rotatable bonds is 6. The molecule has 1 heterocycles.